The zero-order chi connectivity index (χ0) is 14.1. The van der Waals surface area contributed by atoms with E-state index in [4.69, 9.17) is 4.74 Å². The quantitative estimate of drug-likeness (QED) is 0.785. The summed E-state index contributed by atoms with van der Waals surface area (Å²) in [5.74, 6) is -0.0112. The van der Waals surface area contributed by atoms with Crippen LogP contribution in [0.1, 0.15) is 11.1 Å². The summed E-state index contributed by atoms with van der Waals surface area (Å²) in [7, 11) is 1.60. The Balaban J connectivity index is 2.14. The minimum atomic E-state index is -0.480. The lowest BCUT2D eigenvalue weighted by Gasteiger charge is -2.27. The number of amides is 1. The summed E-state index contributed by atoms with van der Waals surface area (Å²) < 4.78 is 18.7. The molecule has 0 bridgehead atoms. The third-order valence-electron chi connectivity index (χ3n) is 3.15. The molecule has 0 aliphatic carbocycles. The van der Waals surface area contributed by atoms with E-state index in [9.17, 15) is 9.18 Å². The van der Waals surface area contributed by atoms with Crippen molar-refractivity contribution in [3.8, 4) is 0 Å². The standard InChI is InChI=1S/C16H12FNO2/c1-18-14-8-7-12(17)10-13(14)15(20-16(18)19)9-11-5-3-2-4-6-11/h2-10H,1H3/b15-9-. The third-order valence-corrected chi connectivity index (χ3v) is 3.15. The van der Waals surface area contributed by atoms with Gasteiger partial charge in [-0.2, -0.15) is 0 Å². The fraction of sp³-hybridized carbons (Fsp3) is 0.0625. The van der Waals surface area contributed by atoms with Crippen LogP contribution in [0.25, 0.3) is 11.8 Å². The van der Waals surface area contributed by atoms with E-state index in [1.54, 1.807) is 19.2 Å². The van der Waals surface area contributed by atoms with Gasteiger partial charge in [0.2, 0.25) is 0 Å². The molecule has 0 saturated carbocycles. The van der Waals surface area contributed by atoms with E-state index < -0.39 is 6.09 Å². The molecule has 1 aliphatic rings. The van der Waals surface area contributed by atoms with Crippen LogP contribution in [-0.4, -0.2) is 13.1 Å². The minimum Gasteiger partial charge on any atom is -0.409 e. The Kier molecular flexibility index (Phi) is 2.99. The van der Waals surface area contributed by atoms with Crippen molar-refractivity contribution in [2.24, 2.45) is 0 Å². The lowest BCUT2D eigenvalue weighted by atomic mass is 10.1. The van der Waals surface area contributed by atoms with Crippen LogP contribution in [-0.2, 0) is 4.74 Å². The maximum absolute atomic E-state index is 13.4. The molecule has 100 valence electrons. The summed E-state index contributed by atoms with van der Waals surface area (Å²) in [5.41, 5.74) is 2.08. The van der Waals surface area contributed by atoms with Crippen molar-refractivity contribution in [1.29, 1.82) is 0 Å². The molecule has 1 aliphatic heterocycles. The van der Waals surface area contributed by atoms with Gasteiger partial charge in [0.25, 0.3) is 0 Å². The second kappa shape index (κ2) is 4.81. The molecule has 0 aromatic heterocycles. The zero-order valence-electron chi connectivity index (χ0n) is 10.8. The van der Waals surface area contributed by atoms with E-state index in [-0.39, 0.29) is 5.82 Å². The minimum absolute atomic E-state index is 0.355. The summed E-state index contributed by atoms with van der Waals surface area (Å²) in [6, 6.07) is 13.7. The molecule has 0 saturated heterocycles. The van der Waals surface area contributed by atoms with Crippen LogP contribution in [0.15, 0.2) is 48.5 Å². The predicted octanol–water partition coefficient (Wildman–Crippen LogP) is 3.91. The molecule has 3 rings (SSSR count). The highest BCUT2D eigenvalue weighted by Crippen LogP contribution is 2.34. The largest absolute Gasteiger partial charge is 0.419 e. The Morgan fingerprint density at radius 1 is 1.15 bits per heavy atom. The zero-order valence-corrected chi connectivity index (χ0v) is 10.8. The van der Waals surface area contributed by atoms with Crippen LogP contribution >= 0.6 is 0 Å². The Bertz CT molecular complexity index is 695. The average Bonchev–Trinajstić information content (AvgIpc) is 2.45. The van der Waals surface area contributed by atoms with Crippen LogP contribution in [0.5, 0.6) is 0 Å². The Labute approximate surface area is 115 Å². The fourth-order valence-electron chi connectivity index (χ4n) is 2.12. The Hall–Kier alpha value is -2.62. The van der Waals surface area contributed by atoms with Gasteiger partial charge in [-0.25, -0.2) is 9.18 Å². The number of nitrogens with zero attached hydrogens (tertiary/aromatic N) is 1. The number of ether oxygens (including phenoxy) is 1. The van der Waals surface area contributed by atoms with Crippen molar-refractivity contribution >= 4 is 23.6 Å². The highest BCUT2D eigenvalue weighted by molar-refractivity contribution is 6.01. The van der Waals surface area contributed by atoms with Crippen LogP contribution in [0.2, 0.25) is 0 Å². The maximum atomic E-state index is 13.4. The van der Waals surface area contributed by atoms with Gasteiger partial charge in [0, 0.05) is 12.6 Å². The van der Waals surface area contributed by atoms with Gasteiger partial charge in [0.15, 0.2) is 0 Å². The normalized spacial score (nSPS) is 16.0. The van der Waals surface area contributed by atoms with Crippen molar-refractivity contribution in [1.82, 2.24) is 0 Å². The van der Waals surface area contributed by atoms with Crippen molar-refractivity contribution in [3.63, 3.8) is 0 Å². The predicted molar refractivity (Wildman–Crippen MR) is 75.6 cm³/mol. The van der Waals surface area contributed by atoms with Crippen LogP contribution in [0.3, 0.4) is 0 Å². The van der Waals surface area contributed by atoms with E-state index in [1.165, 1.54) is 17.0 Å². The molecule has 2 aromatic carbocycles. The lowest BCUT2D eigenvalue weighted by Crippen LogP contribution is -2.31. The monoisotopic (exact) mass is 269 g/mol. The molecule has 1 heterocycles. The van der Waals surface area contributed by atoms with Crippen LogP contribution in [0.4, 0.5) is 14.9 Å². The number of hydrogen-bond acceptors (Lipinski definition) is 2. The molecule has 0 spiro atoms. The Morgan fingerprint density at radius 3 is 2.65 bits per heavy atom. The van der Waals surface area contributed by atoms with E-state index in [0.29, 0.717) is 17.0 Å². The van der Waals surface area contributed by atoms with E-state index in [2.05, 4.69) is 0 Å². The maximum Gasteiger partial charge on any atom is 0.419 e. The van der Waals surface area contributed by atoms with Crippen molar-refractivity contribution < 1.29 is 13.9 Å². The van der Waals surface area contributed by atoms with Crippen molar-refractivity contribution in [2.45, 2.75) is 0 Å². The number of carbonyl (C=O) groups is 1. The van der Waals surface area contributed by atoms with Crippen LogP contribution in [0, 0.1) is 5.82 Å². The van der Waals surface area contributed by atoms with Gasteiger partial charge in [-0.3, -0.25) is 4.90 Å². The third kappa shape index (κ3) is 2.16. The summed E-state index contributed by atoms with van der Waals surface area (Å²) >= 11 is 0. The average molecular weight is 269 g/mol. The molecule has 4 heteroatoms. The molecule has 0 N–H and O–H groups in total. The molecule has 2 aromatic rings. The van der Waals surface area contributed by atoms with Gasteiger partial charge in [0.05, 0.1) is 5.69 Å². The number of halogens is 1. The molecule has 0 atom stereocenters. The number of anilines is 1. The molecular formula is C16H12FNO2. The fourth-order valence-corrected chi connectivity index (χ4v) is 2.12. The van der Waals surface area contributed by atoms with Gasteiger partial charge in [-0.1, -0.05) is 30.3 Å². The SMILES string of the molecule is CN1C(=O)O/C(=C\c2ccccc2)c2cc(F)ccc21. The number of cyclic esters (lactones) is 1. The van der Waals surface area contributed by atoms with Crippen molar-refractivity contribution in [3.05, 3.63) is 65.5 Å². The highest BCUT2D eigenvalue weighted by Gasteiger charge is 2.26. The lowest BCUT2D eigenvalue weighted by molar-refractivity contribution is 0.199. The van der Waals surface area contributed by atoms with Gasteiger partial charge < -0.3 is 4.74 Å². The second-order valence-electron chi connectivity index (χ2n) is 4.51. The molecule has 0 fully saturated rings. The number of benzene rings is 2. The first-order chi connectivity index (χ1) is 9.65. The molecule has 0 unspecified atom stereocenters. The van der Waals surface area contributed by atoms with Gasteiger partial charge in [-0.05, 0) is 29.8 Å². The summed E-state index contributed by atoms with van der Waals surface area (Å²) in [5, 5.41) is 0. The first-order valence-corrected chi connectivity index (χ1v) is 6.17. The summed E-state index contributed by atoms with van der Waals surface area (Å²) in [4.78, 5) is 13.2. The van der Waals surface area contributed by atoms with Crippen LogP contribution < -0.4 is 4.90 Å². The molecule has 20 heavy (non-hydrogen) atoms. The molecule has 0 radical (unpaired) electrons. The smallest absolute Gasteiger partial charge is 0.409 e. The van der Waals surface area contributed by atoms with Crippen molar-refractivity contribution in [2.75, 3.05) is 11.9 Å². The van der Waals surface area contributed by atoms with Gasteiger partial charge in [0.1, 0.15) is 11.6 Å². The van der Waals surface area contributed by atoms with Gasteiger partial charge >= 0.3 is 6.09 Å². The number of carbonyl (C=O) groups excluding carboxylic acids is 1. The Morgan fingerprint density at radius 2 is 1.90 bits per heavy atom. The number of hydrogen-bond donors (Lipinski definition) is 0. The van der Waals surface area contributed by atoms with E-state index >= 15 is 0 Å². The number of fused-ring (bicyclic) bond motifs is 1. The van der Waals surface area contributed by atoms with Gasteiger partial charge in [-0.15, -0.1) is 0 Å². The first kappa shape index (κ1) is 12.4. The second-order valence-corrected chi connectivity index (χ2v) is 4.51. The highest BCUT2D eigenvalue weighted by atomic mass is 19.1. The van der Waals surface area contributed by atoms with E-state index in [1.807, 2.05) is 30.3 Å². The molecular weight excluding hydrogens is 257 g/mol. The summed E-state index contributed by atoms with van der Waals surface area (Å²) in [6.07, 6.45) is 1.25. The molecule has 3 nitrogen and oxygen atoms in total. The topological polar surface area (TPSA) is 29.5 Å². The van der Waals surface area contributed by atoms with E-state index in [0.717, 1.165) is 5.56 Å². The summed E-state index contributed by atoms with van der Waals surface area (Å²) in [6.45, 7) is 0. The first-order valence-electron chi connectivity index (χ1n) is 6.17. The number of rotatable bonds is 1. The molecule has 1 amide bonds.